The molecule has 0 aliphatic rings. The quantitative estimate of drug-likeness (QED) is 0.257. The van der Waals surface area contributed by atoms with E-state index in [9.17, 15) is 0 Å². The van der Waals surface area contributed by atoms with Gasteiger partial charge in [0, 0.05) is 6.61 Å². The fraction of sp³-hybridized carbons (Fsp3) is 0.368. The highest BCUT2D eigenvalue weighted by atomic mass is 31.1. The molecule has 0 fully saturated rings. The molecule has 0 aliphatic heterocycles. The zero-order chi connectivity index (χ0) is 16.0. The molecule has 0 bridgehead atoms. The maximum atomic E-state index is 5.53. The lowest BCUT2D eigenvalue weighted by molar-refractivity contribution is -0.295. The Morgan fingerprint density at radius 2 is 1.39 bits per heavy atom. The first-order valence-corrected chi connectivity index (χ1v) is 9.31. The van der Waals surface area contributed by atoms with Crippen LogP contribution in [0.4, 0.5) is 0 Å². The van der Waals surface area contributed by atoms with Crippen LogP contribution in [0.1, 0.15) is 12.0 Å². The SMILES string of the molecule is c1ccc(CCCOCCOOCCPc2ccccc2)cc1. The summed E-state index contributed by atoms with van der Waals surface area (Å²) >= 11 is 0. The lowest BCUT2D eigenvalue weighted by Crippen LogP contribution is -2.08. The molecule has 2 aromatic rings. The van der Waals surface area contributed by atoms with E-state index in [0.29, 0.717) is 19.8 Å². The Bertz CT molecular complexity index is 457. The molecule has 0 amide bonds. The Hall–Kier alpha value is -1.25. The highest BCUT2D eigenvalue weighted by molar-refractivity contribution is 7.47. The summed E-state index contributed by atoms with van der Waals surface area (Å²) in [7, 11) is 0.766. The van der Waals surface area contributed by atoms with Gasteiger partial charge in [0.25, 0.3) is 0 Å². The fourth-order valence-electron chi connectivity index (χ4n) is 2.13. The number of benzene rings is 2. The number of aryl methyl sites for hydroxylation is 1. The zero-order valence-electron chi connectivity index (χ0n) is 13.4. The van der Waals surface area contributed by atoms with Crippen LogP contribution in [0.15, 0.2) is 60.7 Å². The van der Waals surface area contributed by atoms with Gasteiger partial charge in [-0.2, -0.15) is 0 Å². The van der Waals surface area contributed by atoms with Crippen LogP contribution >= 0.6 is 8.58 Å². The second kappa shape index (κ2) is 12.2. The van der Waals surface area contributed by atoms with E-state index in [4.69, 9.17) is 14.5 Å². The van der Waals surface area contributed by atoms with Crippen molar-refractivity contribution in [1.82, 2.24) is 0 Å². The van der Waals surface area contributed by atoms with Gasteiger partial charge in [-0.25, -0.2) is 9.78 Å². The van der Waals surface area contributed by atoms with Gasteiger partial charge in [0.15, 0.2) is 0 Å². The molecule has 0 heterocycles. The van der Waals surface area contributed by atoms with Gasteiger partial charge >= 0.3 is 0 Å². The molecule has 0 radical (unpaired) electrons. The lowest BCUT2D eigenvalue weighted by atomic mass is 10.1. The van der Waals surface area contributed by atoms with E-state index in [-0.39, 0.29) is 0 Å². The van der Waals surface area contributed by atoms with Crippen LogP contribution in [0.5, 0.6) is 0 Å². The van der Waals surface area contributed by atoms with Crippen LogP contribution in [-0.2, 0) is 20.9 Å². The monoisotopic (exact) mass is 332 g/mol. The molecule has 124 valence electrons. The van der Waals surface area contributed by atoms with Crippen molar-refractivity contribution < 1.29 is 14.5 Å². The molecule has 1 atom stereocenters. The Morgan fingerprint density at radius 3 is 2.17 bits per heavy atom. The summed E-state index contributed by atoms with van der Waals surface area (Å²) in [4.78, 5) is 10.3. The van der Waals surface area contributed by atoms with E-state index in [1.165, 1.54) is 10.9 Å². The van der Waals surface area contributed by atoms with Crippen molar-refractivity contribution in [3.05, 3.63) is 66.2 Å². The van der Waals surface area contributed by atoms with E-state index in [1.54, 1.807) is 0 Å². The average molecular weight is 332 g/mol. The van der Waals surface area contributed by atoms with Crippen LogP contribution in [0.2, 0.25) is 0 Å². The third-order valence-corrected chi connectivity index (χ3v) is 4.48. The maximum absolute atomic E-state index is 5.53. The smallest absolute Gasteiger partial charge is 0.106 e. The molecule has 23 heavy (non-hydrogen) atoms. The Kier molecular flexibility index (Phi) is 9.60. The van der Waals surface area contributed by atoms with Crippen LogP contribution in [0, 0.1) is 0 Å². The normalized spacial score (nSPS) is 11.3. The summed E-state index contributed by atoms with van der Waals surface area (Å²) in [6, 6.07) is 20.9. The summed E-state index contributed by atoms with van der Waals surface area (Å²) in [5.41, 5.74) is 1.36. The van der Waals surface area contributed by atoms with Crippen molar-refractivity contribution in [2.45, 2.75) is 12.8 Å². The summed E-state index contributed by atoms with van der Waals surface area (Å²) in [6.45, 7) is 2.45. The molecule has 0 spiro atoms. The molecule has 0 aromatic heterocycles. The van der Waals surface area contributed by atoms with Crippen molar-refractivity contribution in [3.8, 4) is 0 Å². The molecule has 3 nitrogen and oxygen atoms in total. The molecule has 4 heteroatoms. The van der Waals surface area contributed by atoms with Crippen LogP contribution in [-0.4, -0.2) is 32.6 Å². The Labute approximate surface area is 140 Å². The lowest BCUT2D eigenvalue weighted by Gasteiger charge is -2.06. The first kappa shape index (κ1) is 18.1. The van der Waals surface area contributed by atoms with Gasteiger partial charge in [0.1, 0.15) is 6.61 Å². The average Bonchev–Trinajstić information content (AvgIpc) is 2.61. The predicted octanol–water partition coefficient (Wildman–Crippen LogP) is 3.59. The van der Waals surface area contributed by atoms with Gasteiger partial charge < -0.3 is 4.74 Å². The van der Waals surface area contributed by atoms with Gasteiger partial charge in [-0.3, -0.25) is 0 Å². The first-order valence-electron chi connectivity index (χ1n) is 8.10. The topological polar surface area (TPSA) is 27.7 Å². The number of rotatable bonds is 12. The third kappa shape index (κ3) is 8.83. The second-order valence-corrected chi connectivity index (χ2v) is 6.57. The van der Waals surface area contributed by atoms with Gasteiger partial charge in [0.05, 0.1) is 13.2 Å². The van der Waals surface area contributed by atoms with Crippen molar-refractivity contribution in [2.75, 3.05) is 32.6 Å². The van der Waals surface area contributed by atoms with E-state index in [0.717, 1.165) is 34.2 Å². The second-order valence-electron chi connectivity index (χ2n) is 5.14. The fourth-order valence-corrected chi connectivity index (χ4v) is 3.03. The highest BCUT2D eigenvalue weighted by Gasteiger charge is 1.95. The van der Waals surface area contributed by atoms with Crippen LogP contribution in [0.3, 0.4) is 0 Å². The van der Waals surface area contributed by atoms with E-state index < -0.39 is 0 Å². The summed E-state index contributed by atoms with van der Waals surface area (Å²) in [5, 5.41) is 1.36. The molecular formula is C19H25O3P. The predicted molar refractivity (Wildman–Crippen MR) is 96.7 cm³/mol. The first-order chi connectivity index (χ1) is 11.4. The number of hydrogen-bond donors (Lipinski definition) is 0. The van der Waals surface area contributed by atoms with Crippen LogP contribution < -0.4 is 5.30 Å². The molecule has 1 unspecified atom stereocenters. The highest BCUT2D eigenvalue weighted by Crippen LogP contribution is 2.08. The largest absolute Gasteiger partial charge is 0.379 e. The molecule has 2 rings (SSSR count). The molecule has 0 N–H and O–H groups in total. The Balaban J connectivity index is 1.34. The molecule has 0 saturated carbocycles. The number of ether oxygens (including phenoxy) is 1. The van der Waals surface area contributed by atoms with Gasteiger partial charge in [-0.15, -0.1) is 0 Å². The molecule has 0 aliphatic carbocycles. The van der Waals surface area contributed by atoms with E-state index in [2.05, 4.69) is 48.5 Å². The van der Waals surface area contributed by atoms with E-state index >= 15 is 0 Å². The van der Waals surface area contributed by atoms with Gasteiger partial charge in [0.2, 0.25) is 0 Å². The third-order valence-electron chi connectivity index (χ3n) is 3.28. The van der Waals surface area contributed by atoms with Crippen LogP contribution in [0.25, 0.3) is 0 Å². The van der Waals surface area contributed by atoms with Crippen molar-refractivity contribution in [3.63, 3.8) is 0 Å². The minimum atomic E-state index is 0.486. The molecular weight excluding hydrogens is 307 g/mol. The summed E-state index contributed by atoms with van der Waals surface area (Å²) < 4.78 is 5.53. The van der Waals surface area contributed by atoms with Gasteiger partial charge in [-0.1, -0.05) is 69.2 Å². The zero-order valence-corrected chi connectivity index (χ0v) is 14.4. The molecule has 0 saturated heterocycles. The minimum absolute atomic E-state index is 0.486. The maximum Gasteiger partial charge on any atom is 0.106 e. The van der Waals surface area contributed by atoms with Gasteiger partial charge in [-0.05, 0) is 29.9 Å². The Morgan fingerprint density at radius 1 is 0.696 bits per heavy atom. The number of hydrogen-bond acceptors (Lipinski definition) is 3. The molecule has 2 aromatic carbocycles. The van der Waals surface area contributed by atoms with Crippen molar-refractivity contribution in [2.24, 2.45) is 0 Å². The van der Waals surface area contributed by atoms with Crippen molar-refractivity contribution >= 4 is 13.9 Å². The summed E-state index contributed by atoms with van der Waals surface area (Å²) in [6.07, 6.45) is 3.07. The summed E-state index contributed by atoms with van der Waals surface area (Å²) in [5.74, 6) is 0. The minimum Gasteiger partial charge on any atom is -0.379 e. The van der Waals surface area contributed by atoms with E-state index in [1.807, 2.05) is 12.1 Å². The van der Waals surface area contributed by atoms with Crippen molar-refractivity contribution in [1.29, 1.82) is 0 Å². The standard InChI is InChI=1S/C19H25O3P/c1-3-8-18(9-4-1)10-7-13-20-14-15-21-22-16-17-23-19-11-5-2-6-12-19/h1-6,8-9,11-12,23H,7,10,13-17H2.